The first-order chi connectivity index (χ1) is 14.8. The molecule has 0 aromatic heterocycles. The second kappa shape index (κ2) is 7.35. The number of fused-ring (bicyclic) bond motifs is 1. The maximum Gasteiger partial charge on any atom is 0.249 e. The van der Waals surface area contributed by atoms with Crippen molar-refractivity contribution in [2.24, 2.45) is 22.4 Å². The molecule has 0 saturated heterocycles. The summed E-state index contributed by atoms with van der Waals surface area (Å²) in [6, 6.07) is 5.89. The largest absolute Gasteiger partial charge is 0.490 e. The fourth-order valence-electron chi connectivity index (χ4n) is 5.26. The smallest absolute Gasteiger partial charge is 0.249 e. The number of halogens is 4. The van der Waals surface area contributed by atoms with Gasteiger partial charge in [-0.05, 0) is 60.9 Å². The van der Waals surface area contributed by atoms with Gasteiger partial charge in [-0.15, -0.1) is 0 Å². The predicted molar refractivity (Wildman–Crippen MR) is 104 cm³/mol. The standard InChI is InChI=1S/C23H20F4N2O2/c24-16-1-2-21(19(27)8-16)31-12-15-11-23(9-14(15)10-23)22(30)29-20(3-4-28-29)13-5-17(25)7-18(26)6-13/h1-2,4-8,14-15,20H,3,9-12H2. The van der Waals surface area contributed by atoms with Crippen molar-refractivity contribution >= 4 is 12.1 Å². The molecule has 1 aliphatic heterocycles. The molecule has 4 nitrogen and oxygen atoms in total. The van der Waals surface area contributed by atoms with Crippen LogP contribution in [0.25, 0.3) is 0 Å². The number of rotatable bonds is 5. The number of hydrazone groups is 1. The van der Waals surface area contributed by atoms with E-state index in [-0.39, 0.29) is 30.1 Å². The van der Waals surface area contributed by atoms with E-state index >= 15 is 0 Å². The van der Waals surface area contributed by atoms with Crippen LogP contribution in [0.3, 0.4) is 0 Å². The van der Waals surface area contributed by atoms with Gasteiger partial charge in [-0.2, -0.15) is 5.10 Å². The van der Waals surface area contributed by atoms with Crippen LogP contribution in [0.1, 0.15) is 37.3 Å². The van der Waals surface area contributed by atoms with Gasteiger partial charge in [-0.1, -0.05) is 0 Å². The third kappa shape index (κ3) is 3.47. The van der Waals surface area contributed by atoms with Gasteiger partial charge in [0.25, 0.3) is 0 Å². The Bertz CT molecular complexity index is 1050. The average Bonchev–Trinajstić information content (AvgIpc) is 3.39. The maximum absolute atomic E-state index is 13.8. The average molecular weight is 432 g/mol. The van der Waals surface area contributed by atoms with Gasteiger partial charge >= 0.3 is 0 Å². The third-order valence-electron chi connectivity index (χ3n) is 6.73. The second-order valence-corrected chi connectivity index (χ2v) is 8.70. The first-order valence-electron chi connectivity index (χ1n) is 10.2. The van der Waals surface area contributed by atoms with E-state index in [4.69, 9.17) is 4.74 Å². The molecule has 162 valence electrons. The summed E-state index contributed by atoms with van der Waals surface area (Å²) in [5, 5.41) is 5.56. The molecule has 6 rings (SSSR count). The highest BCUT2D eigenvalue weighted by Crippen LogP contribution is 2.63. The van der Waals surface area contributed by atoms with E-state index in [0.29, 0.717) is 31.2 Å². The summed E-state index contributed by atoms with van der Waals surface area (Å²) < 4.78 is 59.8. The molecule has 0 spiro atoms. The molecular formula is C23H20F4N2O2. The lowest BCUT2D eigenvalue weighted by Crippen LogP contribution is -2.45. The number of hydrogen-bond donors (Lipinski definition) is 0. The molecule has 2 unspecified atom stereocenters. The van der Waals surface area contributed by atoms with Gasteiger partial charge in [-0.25, -0.2) is 22.6 Å². The highest BCUT2D eigenvalue weighted by molar-refractivity contribution is 5.86. The van der Waals surface area contributed by atoms with Crippen molar-refractivity contribution in [3.05, 3.63) is 65.2 Å². The van der Waals surface area contributed by atoms with Gasteiger partial charge in [0, 0.05) is 24.8 Å². The van der Waals surface area contributed by atoms with E-state index in [1.54, 1.807) is 6.21 Å². The molecule has 3 saturated carbocycles. The minimum Gasteiger partial charge on any atom is -0.490 e. The molecule has 2 aromatic carbocycles. The first-order valence-corrected chi connectivity index (χ1v) is 10.2. The topological polar surface area (TPSA) is 41.9 Å². The van der Waals surface area contributed by atoms with E-state index in [9.17, 15) is 22.4 Å². The van der Waals surface area contributed by atoms with E-state index in [1.165, 1.54) is 23.2 Å². The van der Waals surface area contributed by atoms with Crippen molar-refractivity contribution in [3.63, 3.8) is 0 Å². The Balaban J connectivity index is 1.27. The van der Waals surface area contributed by atoms with Crippen LogP contribution in [-0.2, 0) is 4.79 Å². The zero-order valence-corrected chi connectivity index (χ0v) is 16.5. The highest BCUT2D eigenvalue weighted by Gasteiger charge is 2.62. The minimum absolute atomic E-state index is 0.0109. The van der Waals surface area contributed by atoms with E-state index in [2.05, 4.69) is 5.10 Å². The monoisotopic (exact) mass is 432 g/mol. The first kappa shape index (κ1) is 20.0. The molecule has 4 aliphatic rings. The Morgan fingerprint density at radius 2 is 1.77 bits per heavy atom. The van der Waals surface area contributed by atoms with Crippen LogP contribution < -0.4 is 4.74 Å². The number of ether oxygens (including phenoxy) is 1. The van der Waals surface area contributed by atoms with Gasteiger partial charge in [0.1, 0.15) is 17.5 Å². The summed E-state index contributed by atoms with van der Waals surface area (Å²) in [5.41, 5.74) is -0.202. The summed E-state index contributed by atoms with van der Waals surface area (Å²) in [6.07, 6.45) is 3.93. The van der Waals surface area contributed by atoms with Crippen molar-refractivity contribution in [2.75, 3.05) is 6.61 Å². The second-order valence-electron chi connectivity index (χ2n) is 8.70. The normalized spacial score (nSPS) is 28.6. The molecule has 2 aromatic rings. The number of carbonyl (C=O) groups excluding carboxylic acids is 1. The Labute approximate surface area is 176 Å². The number of hydrogen-bond acceptors (Lipinski definition) is 3. The summed E-state index contributed by atoms with van der Waals surface area (Å²) in [4.78, 5) is 13.4. The Kier molecular flexibility index (Phi) is 4.75. The Hall–Kier alpha value is -2.90. The lowest BCUT2D eigenvalue weighted by molar-refractivity contribution is -0.148. The quantitative estimate of drug-likeness (QED) is 0.625. The van der Waals surface area contributed by atoms with Crippen molar-refractivity contribution in [1.29, 1.82) is 0 Å². The van der Waals surface area contributed by atoms with E-state index < -0.39 is 34.7 Å². The van der Waals surface area contributed by atoms with Gasteiger partial charge in [-0.3, -0.25) is 4.79 Å². The molecule has 1 amide bonds. The maximum atomic E-state index is 13.8. The summed E-state index contributed by atoms with van der Waals surface area (Å²) in [6.45, 7) is 0.240. The molecule has 2 bridgehead atoms. The van der Waals surface area contributed by atoms with Crippen LogP contribution in [0, 0.1) is 40.5 Å². The van der Waals surface area contributed by atoms with Crippen LogP contribution >= 0.6 is 0 Å². The molecule has 3 aliphatic carbocycles. The number of amides is 1. The molecule has 3 fully saturated rings. The molecule has 31 heavy (non-hydrogen) atoms. The zero-order chi connectivity index (χ0) is 21.8. The molecule has 1 heterocycles. The fourth-order valence-corrected chi connectivity index (χ4v) is 5.26. The number of carbonyl (C=O) groups is 1. The van der Waals surface area contributed by atoms with E-state index in [0.717, 1.165) is 18.2 Å². The number of nitrogens with zero attached hydrogens (tertiary/aromatic N) is 2. The van der Waals surface area contributed by atoms with Crippen LogP contribution in [-0.4, -0.2) is 23.7 Å². The summed E-state index contributed by atoms with van der Waals surface area (Å²) >= 11 is 0. The predicted octanol–water partition coefficient (Wildman–Crippen LogP) is 5.00. The molecular weight excluding hydrogens is 412 g/mol. The van der Waals surface area contributed by atoms with Gasteiger partial charge in [0.2, 0.25) is 5.91 Å². The van der Waals surface area contributed by atoms with Crippen molar-refractivity contribution in [1.82, 2.24) is 5.01 Å². The SMILES string of the molecule is O=C(N1N=CCC1c1cc(F)cc(F)c1)C12CC(COc3ccc(F)cc3F)C(C1)C2. The molecule has 8 heteroatoms. The minimum atomic E-state index is -0.757. The third-order valence-corrected chi connectivity index (χ3v) is 6.73. The zero-order valence-electron chi connectivity index (χ0n) is 16.5. The highest BCUT2D eigenvalue weighted by atomic mass is 19.1. The summed E-state index contributed by atoms with van der Waals surface area (Å²) in [7, 11) is 0. The summed E-state index contributed by atoms with van der Waals surface area (Å²) in [5.74, 6) is -2.62. The molecule has 0 N–H and O–H groups in total. The van der Waals surface area contributed by atoms with Crippen LogP contribution in [0.15, 0.2) is 41.5 Å². The van der Waals surface area contributed by atoms with Crippen molar-refractivity contribution in [3.8, 4) is 5.75 Å². The van der Waals surface area contributed by atoms with Gasteiger partial charge in [0.05, 0.1) is 18.1 Å². The number of benzene rings is 2. The van der Waals surface area contributed by atoms with Gasteiger partial charge < -0.3 is 4.74 Å². The Morgan fingerprint density at radius 1 is 1.03 bits per heavy atom. The lowest BCUT2D eigenvalue weighted by Gasteiger charge is -2.40. The lowest BCUT2D eigenvalue weighted by atomic mass is 9.68. The van der Waals surface area contributed by atoms with Crippen LogP contribution in [0.4, 0.5) is 17.6 Å². The van der Waals surface area contributed by atoms with Crippen LogP contribution in [0.5, 0.6) is 5.75 Å². The van der Waals surface area contributed by atoms with Crippen molar-refractivity contribution < 1.29 is 27.1 Å². The van der Waals surface area contributed by atoms with Gasteiger partial charge in [0.15, 0.2) is 11.6 Å². The molecule has 0 radical (unpaired) electrons. The van der Waals surface area contributed by atoms with Crippen LogP contribution in [0.2, 0.25) is 0 Å². The molecule has 2 atom stereocenters. The Morgan fingerprint density at radius 3 is 2.48 bits per heavy atom. The van der Waals surface area contributed by atoms with E-state index in [1.807, 2.05) is 0 Å². The fraction of sp³-hybridized carbons (Fsp3) is 0.391. The van der Waals surface area contributed by atoms with Crippen molar-refractivity contribution in [2.45, 2.75) is 31.7 Å².